The number of hydrogen-bond acceptors (Lipinski definition) is 0. The summed E-state index contributed by atoms with van der Waals surface area (Å²) < 4.78 is 4.99. The maximum Gasteiger partial charge on any atom is 1.00 e. The van der Waals surface area contributed by atoms with Crippen molar-refractivity contribution in [2.75, 3.05) is 0 Å². The predicted octanol–water partition coefficient (Wildman–Crippen LogP) is -1.80. The standard InChI is InChI=1S/C16H14I2.Li/c1-11(2)12-7-9-13(10-8-12)16-17-14-5-3-4-6-15(14)18-16;/h3,5-11H,1-2H3;/q-2;+1. The van der Waals surface area contributed by atoms with Crippen LogP contribution in [-0.2, 0) is 0 Å². The molecule has 94 valence electrons. The summed E-state index contributed by atoms with van der Waals surface area (Å²) >= 11 is 0.184. The second-order valence-electron chi connectivity index (χ2n) is 4.57. The summed E-state index contributed by atoms with van der Waals surface area (Å²) in [6.07, 6.45) is 0. The van der Waals surface area contributed by atoms with E-state index in [1.54, 1.807) is 8.66 Å². The number of benzene rings is 2. The molecule has 0 spiro atoms. The number of fused-ring (bicyclic) bond motifs is 1. The molecule has 0 radical (unpaired) electrons. The minimum absolute atomic E-state index is 0. The quantitative estimate of drug-likeness (QED) is 0.278. The first kappa shape index (κ1) is 15.8. The van der Waals surface area contributed by atoms with Crippen LogP contribution in [0.15, 0.2) is 42.5 Å². The second kappa shape index (κ2) is 6.88. The largest absolute Gasteiger partial charge is 1.00 e. The van der Waals surface area contributed by atoms with Crippen molar-refractivity contribution in [1.29, 1.82) is 0 Å². The zero-order valence-electron chi connectivity index (χ0n) is 11.4. The minimum Gasteiger partial charge on any atom is 1.00 e. The van der Waals surface area contributed by atoms with Crippen molar-refractivity contribution in [3.63, 3.8) is 0 Å². The molecule has 0 nitrogen and oxygen atoms in total. The summed E-state index contributed by atoms with van der Waals surface area (Å²) in [7, 11) is 0. The predicted molar refractivity (Wildman–Crippen MR) is 81.3 cm³/mol. The molecule has 0 saturated carbocycles. The third-order valence-corrected chi connectivity index (χ3v) is 11.9. The van der Waals surface area contributed by atoms with Crippen molar-refractivity contribution in [2.45, 2.75) is 19.8 Å². The van der Waals surface area contributed by atoms with Gasteiger partial charge in [0, 0.05) is 0 Å². The van der Waals surface area contributed by atoms with Crippen molar-refractivity contribution in [3.8, 4) is 0 Å². The monoisotopic (exact) mass is 467 g/mol. The molecule has 3 rings (SSSR count). The zero-order chi connectivity index (χ0) is 12.5. The van der Waals surface area contributed by atoms with Crippen LogP contribution in [0.2, 0.25) is 0 Å². The molecule has 0 amide bonds. The van der Waals surface area contributed by atoms with Crippen LogP contribution in [0.4, 0.5) is 0 Å². The number of hydrogen-bond donors (Lipinski definition) is 0. The van der Waals surface area contributed by atoms with Crippen molar-refractivity contribution in [1.82, 2.24) is 0 Å². The summed E-state index contributed by atoms with van der Waals surface area (Å²) in [5.41, 5.74) is 2.94. The Labute approximate surface area is 147 Å². The van der Waals surface area contributed by atoms with Crippen LogP contribution in [-0.4, -0.2) is 1.52 Å². The third-order valence-electron chi connectivity index (χ3n) is 2.93. The van der Waals surface area contributed by atoms with E-state index < -0.39 is 0 Å². The van der Waals surface area contributed by atoms with Crippen LogP contribution in [0.1, 0.15) is 30.9 Å². The SMILES string of the molecule is CC(C)c1ccc(C2=Ic3c[c-]ccc3[I-]2)cc1.[Li+]. The van der Waals surface area contributed by atoms with Crippen LogP contribution in [0.3, 0.4) is 0 Å². The molecule has 1 aliphatic heterocycles. The summed E-state index contributed by atoms with van der Waals surface area (Å²) in [4.78, 5) is 0. The van der Waals surface area contributed by atoms with Crippen molar-refractivity contribution in [3.05, 3.63) is 66.8 Å². The van der Waals surface area contributed by atoms with Gasteiger partial charge in [0.25, 0.3) is 0 Å². The molecule has 0 N–H and O–H groups in total. The van der Waals surface area contributed by atoms with E-state index in [1.165, 1.54) is 11.1 Å². The van der Waals surface area contributed by atoms with Gasteiger partial charge in [0.15, 0.2) is 0 Å². The Morgan fingerprint density at radius 2 is 1.84 bits per heavy atom. The van der Waals surface area contributed by atoms with E-state index >= 15 is 0 Å². The molecule has 0 saturated heterocycles. The molecule has 2 aromatic rings. The summed E-state index contributed by atoms with van der Waals surface area (Å²) in [5.74, 6) is 0.629. The number of rotatable bonds is 2. The van der Waals surface area contributed by atoms with Gasteiger partial charge in [-0.1, -0.05) is 0 Å². The summed E-state index contributed by atoms with van der Waals surface area (Å²) in [6.45, 7) is 4.51. The van der Waals surface area contributed by atoms with Crippen LogP contribution in [0.25, 0.3) is 0 Å². The Kier molecular flexibility index (Phi) is 5.71. The van der Waals surface area contributed by atoms with Crippen molar-refractivity contribution in [2.24, 2.45) is 0 Å². The molecule has 19 heavy (non-hydrogen) atoms. The molecule has 0 unspecified atom stereocenters. The van der Waals surface area contributed by atoms with Crippen LogP contribution < -0.4 is 40.1 Å². The van der Waals surface area contributed by atoms with Gasteiger partial charge in [-0.3, -0.25) is 0 Å². The van der Waals surface area contributed by atoms with Gasteiger partial charge in [-0.05, 0) is 0 Å². The fraction of sp³-hybridized carbons (Fsp3) is 0.188. The van der Waals surface area contributed by atoms with Crippen molar-refractivity contribution >= 4 is 22.2 Å². The third kappa shape index (κ3) is 3.52. The van der Waals surface area contributed by atoms with Gasteiger partial charge in [0.2, 0.25) is 0 Å². The molecule has 0 bridgehead atoms. The Morgan fingerprint density at radius 3 is 2.47 bits per heavy atom. The number of halogens is 2. The average molecular weight is 467 g/mol. The maximum absolute atomic E-state index is 3.22. The van der Waals surface area contributed by atoms with Gasteiger partial charge < -0.3 is 0 Å². The molecular weight excluding hydrogens is 453 g/mol. The van der Waals surface area contributed by atoms with E-state index in [0.717, 1.165) is 0 Å². The molecule has 0 fully saturated rings. The topological polar surface area (TPSA) is 0 Å². The average Bonchev–Trinajstić information content (AvgIpc) is 2.82. The molecule has 3 heteroatoms. The van der Waals surface area contributed by atoms with Crippen LogP contribution >= 0.6 is 20.7 Å². The minimum atomic E-state index is 0. The summed E-state index contributed by atoms with van der Waals surface area (Å²) in [6, 6.07) is 19.0. The normalized spacial score (nSPS) is 13.7. The molecule has 0 aliphatic carbocycles. The van der Waals surface area contributed by atoms with Gasteiger partial charge in [-0.2, -0.15) is 0 Å². The van der Waals surface area contributed by atoms with Crippen LogP contribution in [0.5, 0.6) is 0 Å². The van der Waals surface area contributed by atoms with E-state index in [4.69, 9.17) is 0 Å². The Balaban J connectivity index is 0.00000133. The first-order valence-corrected chi connectivity index (χ1v) is 10.3. The van der Waals surface area contributed by atoms with E-state index in [0.29, 0.717) is 5.92 Å². The summed E-state index contributed by atoms with van der Waals surface area (Å²) in [5, 5.41) is 0. The zero-order valence-corrected chi connectivity index (χ0v) is 15.7. The molecule has 2 aromatic carbocycles. The van der Waals surface area contributed by atoms with Crippen molar-refractivity contribution < 1.29 is 40.1 Å². The van der Waals surface area contributed by atoms with Gasteiger partial charge in [-0.25, -0.2) is 0 Å². The van der Waals surface area contributed by atoms with Gasteiger partial charge in [0.05, 0.1) is 0 Å². The smallest absolute Gasteiger partial charge is 1.00 e. The molecular formula is C16H14I2Li-. The van der Waals surface area contributed by atoms with E-state index in [1.807, 2.05) is 0 Å². The van der Waals surface area contributed by atoms with Gasteiger partial charge in [0.1, 0.15) is 0 Å². The Morgan fingerprint density at radius 1 is 1.11 bits per heavy atom. The fourth-order valence-corrected chi connectivity index (χ4v) is 10.8. The Hall–Kier alpha value is 0.367. The van der Waals surface area contributed by atoms with E-state index in [2.05, 4.69) is 62.4 Å². The molecule has 0 atom stereocenters. The molecule has 1 heterocycles. The van der Waals surface area contributed by atoms with Crippen LogP contribution in [0, 0.1) is 13.2 Å². The molecule has 1 aliphatic rings. The Bertz CT molecular complexity index is 600. The van der Waals surface area contributed by atoms with Gasteiger partial charge >= 0.3 is 149 Å². The molecule has 0 aromatic heterocycles. The first-order chi connectivity index (χ1) is 8.74. The maximum atomic E-state index is 3.22. The van der Waals surface area contributed by atoms with E-state index in [9.17, 15) is 0 Å². The fourth-order valence-electron chi connectivity index (χ4n) is 1.84. The van der Waals surface area contributed by atoms with E-state index in [-0.39, 0.29) is 60.8 Å². The van der Waals surface area contributed by atoms with Gasteiger partial charge in [-0.15, -0.1) is 0 Å². The second-order valence-corrected chi connectivity index (χ2v) is 12.2. The first-order valence-electron chi connectivity index (χ1n) is 6.01.